The van der Waals surface area contributed by atoms with Crippen LogP contribution in [0.2, 0.25) is 0 Å². The molecule has 2 heterocycles. The zero-order valence-corrected chi connectivity index (χ0v) is 10.2. The van der Waals surface area contributed by atoms with Gasteiger partial charge in [0, 0.05) is 10.9 Å². The van der Waals surface area contributed by atoms with Crippen molar-refractivity contribution in [2.75, 3.05) is 11.1 Å². The number of anilines is 2. The maximum atomic E-state index is 5.66. The lowest BCUT2D eigenvalue weighted by Crippen LogP contribution is -1.99. The Kier molecular flexibility index (Phi) is 2.88. The van der Waals surface area contributed by atoms with E-state index in [1.54, 1.807) is 11.3 Å². The van der Waals surface area contributed by atoms with Crippen LogP contribution in [-0.4, -0.2) is 9.36 Å². The van der Waals surface area contributed by atoms with Crippen LogP contribution in [0.1, 0.15) is 16.3 Å². The molecule has 0 aliphatic rings. The fraction of sp³-hybridized carbons (Fsp3) is 0.333. The lowest BCUT2D eigenvalue weighted by molar-refractivity contribution is 1.06. The maximum absolute atomic E-state index is 5.66. The van der Waals surface area contributed by atoms with Crippen LogP contribution in [0.5, 0.6) is 0 Å². The topological polar surface area (TPSA) is 63.8 Å². The summed E-state index contributed by atoms with van der Waals surface area (Å²) in [6.07, 6.45) is 0. The second kappa shape index (κ2) is 4.16. The van der Waals surface area contributed by atoms with Crippen molar-refractivity contribution in [1.82, 2.24) is 9.36 Å². The number of hydrogen-bond acceptors (Lipinski definition) is 6. The van der Waals surface area contributed by atoms with E-state index in [0.29, 0.717) is 5.82 Å². The lowest BCUT2D eigenvalue weighted by Gasteiger charge is -2.01. The van der Waals surface area contributed by atoms with E-state index in [-0.39, 0.29) is 0 Å². The van der Waals surface area contributed by atoms with Gasteiger partial charge in [0.15, 0.2) is 0 Å². The first-order valence-electron chi connectivity index (χ1n) is 4.53. The van der Waals surface area contributed by atoms with E-state index in [1.807, 2.05) is 13.8 Å². The van der Waals surface area contributed by atoms with Crippen LogP contribution in [0, 0.1) is 13.8 Å². The van der Waals surface area contributed by atoms with Gasteiger partial charge in [-0.1, -0.05) is 0 Å². The molecule has 0 fully saturated rings. The van der Waals surface area contributed by atoms with Crippen molar-refractivity contribution in [1.29, 1.82) is 0 Å². The predicted octanol–water partition coefficient (Wildman–Crippen LogP) is 2.41. The van der Waals surface area contributed by atoms with Gasteiger partial charge in [-0.15, -0.1) is 11.3 Å². The molecule has 2 aromatic heterocycles. The van der Waals surface area contributed by atoms with Gasteiger partial charge >= 0.3 is 0 Å². The molecule has 3 N–H and O–H groups in total. The van der Waals surface area contributed by atoms with Crippen molar-refractivity contribution in [3.63, 3.8) is 0 Å². The second-order valence-corrected chi connectivity index (χ2v) is 5.07. The van der Waals surface area contributed by atoms with Gasteiger partial charge in [-0.3, -0.25) is 0 Å². The van der Waals surface area contributed by atoms with Gasteiger partial charge in [0.2, 0.25) is 0 Å². The van der Waals surface area contributed by atoms with Crippen molar-refractivity contribution in [2.45, 2.75) is 20.4 Å². The summed E-state index contributed by atoms with van der Waals surface area (Å²) in [5.41, 5.74) is 7.74. The molecule has 0 spiro atoms. The molecule has 0 amide bonds. The minimum absolute atomic E-state index is 0.608. The van der Waals surface area contributed by atoms with Gasteiger partial charge in [0.1, 0.15) is 10.8 Å². The van der Waals surface area contributed by atoms with Crippen molar-refractivity contribution in [2.24, 2.45) is 0 Å². The number of hydrogen-bond donors (Lipinski definition) is 2. The Bertz CT molecular complexity index is 460. The van der Waals surface area contributed by atoms with Gasteiger partial charge in [-0.25, -0.2) is 4.98 Å². The molecule has 6 heteroatoms. The highest BCUT2D eigenvalue weighted by molar-refractivity contribution is 7.10. The first-order valence-corrected chi connectivity index (χ1v) is 6.18. The first kappa shape index (κ1) is 10.4. The molecular weight excluding hydrogens is 228 g/mol. The minimum Gasteiger partial charge on any atom is -0.383 e. The SMILES string of the molecule is Cc1nc(CNc2snc(N)c2C)cs1. The molecule has 4 nitrogen and oxygen atoms in total. The minimum atomic E-state index is 0.608. The van der Waals surface area contributed by atoms with E-state index in [2.05, 4.69) is 20.1 Å². The van der Waals surface area contributed by atoms with Crippen LogP contribution in [-0.2, 0) is 6.54 Å². The van der Waals surface area contributed by atoms with Crippen LogP contribution in [0.4, 0.5) is 10.8 Å². The number of nitrogen functional groups attached to an aromatic ring is 1. The largest absolute Gasteiger partial charge is 0.383 e. The summed E-state index contributed by atoms with van der Waals surface area (Å²) in [4.78, 5) is 4.37. The smallest absolute Gasteiger partial charge is 0.142 e. The molecule has 0 unspecified atom stereocenters. The van der Waals surface area contributed by atoms with E-state index in [9.17, 15) is 0 Å². The normalized spacial score (nSPS) is 10.5. The highest BCUT2D eigenvalue weighted by atomic mass is 32.1. The summed E-state index contributed by atoms with van der Waals surface area (Å²) < 4.78 is 4.07. The average molecular weight is 240 g/mol. The van der Waals surface area contributed by atoms with Crippen molar-refractivity contribution in [3.8, 4) is 0 Å². The molecule has 0 atom stereocenters. The number of nitrogens with zero attached hydrogens (tertiary/aromatic N) is 2. The van der Waals surface area contributed by atoms with E-state index in [4.69, 9.17) is 5.73 Å². The van der Waals surface area contributed by atoms with Crippen molar-refractivity contribution in [3.05, 3.63) is 21.6 Å². The Morgan fingerprint density at radius 1 is 1.47 bits per heavy atom. The van der Waals surface area contributed by atoms with Gasteiger partial charge < -0.3 is 11.1 Å². The molecule has 0 aromatic carbocycles. The highest BCUT2D eigenvalue weighted by Gasteiger charge is 2.06. The summed E-state index contributed by atoms with van der Waals surface area (Å²) in [7, 11) is 0. The Morgan fingerprint density at radius 2 is 2.27 bits per heavy atom. The molecule has 2 aromatic rings. The van der Waals surface area contributed by atoms with Crippen LogP contribution in [0.15, 0.2) is 5.38 Å². The summed E-state index contributed by atoms with van der Waals surface area (Å²) in [5, 5.41) is 7.46. The van der Waals surface area contributed by atoms with Gasteiger partial charge in [0.25, 0.3) is 0 Å². The zero-order chi connectivity index (χ0) is 10.8. The fourth-order valence-electron chi connectivity index (χ4n) is 1.17. The van der Waals surface area contributed by atoms with Gasteiger partial charge in [-0.2, -0.15) is 4.37 Å². The van der Waals surface area contributed by atoms with Crippen LogP contribution in [0.3, 0.4) is 0 Å². The number of aryl methyl sites for hydroxylation is 1. The molecule has 0 radical (unpaired) electrons. The number of aromatic nitrogens is 2. The molecular formula is C9H12N4S2. The van der Waals surface area contributed by atoms with E-state index >= 15 is 0 Å². The second-order valence-electron chi connectivity index (χ2n) is 3.23. The quantitative estimate of drug-likeness (QED) is 0.864. The van der Waals surface area contributed by atoms with Crippen molar-refractivity contribution >= 4 is 33.7 Å². The number of thiazole rings is 1. The monoisotopic (exact) mass is 240 g/mol. The summed E-state index contributed by atoms with van der Waals surface area (Å²) in [6.45, 7) is 4.70. The van der Waals surface area contributed by atoms with E-state index in [1.165, 1.54) is 11.5 Å². The average Bonchev–Trinajstić information content (AvgIpc) is 2.74. The summed E-state index contributed by atoms with van der Waals surface area (Å²) >= 11 is 3.05. The Balaban J connectivity index is 2.02. The molecule has 0 bridgehead atoms. The molecule has 2 rings (SSSR count). The summed E-state index contributed by atoms with van der Waals surface area (Å²) in [5.74, 6) is 0.608. The maximum Gasteiger partial charge on any atom is 0.142 e. The highest BCUT2D eigenvalue weighted by Crippen LogP contribution is 2.25. The Morgan fingerprint density at radius 3 is 2.80 bits per heavy atom. The molecule has 0 aliphatic heterocycles. The lowest BCUT2D eigenvalue weighted by atomic mass is 10.3. The zero-order valence-electron chi connectivity index (χ0n) is 8.57. The van der Waals surface area contributed by atoms with Gasteiger partial charge in [0.05, 0.1) is 17.2 Å². The third kappa shape index (κ3) is 2.27. The molecule has 0 saturated heterocycles. The Hall–Kier alpha value is -1.14. The first-order chi connectivity index (χ1) is 7.16. The van der Waals surface area contributed by atoms with E-state index in [0.717, 1.165) is 27.8 Å². The third-order valence-electron chi connectivity index (χ3n) is 2.06. The van der Waals surface area contributed by atoms with Gasteiger partial charge in [-0.05, 0) is 25.4 Å². The molecule has 0 aliphatic carbocycles. The van der Waals surface area contributed by atoms with E-state index < -0.39 is 0 Å². The number of nitrogens with two attached hydrogens (primary N) is 1. The standard InChI is InChI=1S/C9H12N4S2/c1-5-8(10)13-15-9(5)11-3-7-4-14-6(2)12-7/h4,11H,3H2,1-2H3,(H2,10,13). The summed E-state index contributed by atoms with van der Waals surface area (Å²) in [6, 6.07) is 0. The van der Waals surface area contributed by atoms with Crippen LogP contribution < -0.4 is 11.1 Å². The molecule has 0 saturated carbocycles. The Labute approximate surface area is 96.3 Å². The fourth-order valence-corrected chi connectivity index (χ4v) is 2.49. The molecule has 15 heavy (non-hydrogen) atoms. The van der Waals surface area contributed by atoms with Crippen LogP contribution in [0.25, 0.3) is 0 Å². The van der Waals surface area contributed by atoms with Crippen LogP contribution >= 0.6 is 22.9 Å². The third-order valence-corrected chi connectivity index (χ3v) is 3.80. The van der Waals surface area contributed by atoms with Crippen molar-refractivity contribution < 1.29 is 0 Å². The predicted molar refractivity (Wildman–Crippen MR) is 65.4 cm³/mol. The number of nitrogens with one attached hydrogen (secondary N) is 1. The number of rotatable bonds is 3. The molecule has 80 valence electrons.